The molecule has 0 fully saturated rings. The van der Waals surface area contributed by atoms with E-state index >= 15 is 0 Å². The van der Waals surface area contributed by atoms with Gasteiger partial charge in [0.05, 0.1) is 24.3 Å². The van der Waals surface area contributed by atoms with E-state index in [0.29, 0.717) is 24.3 Å². The van der Waals surface area contributed by atoms with Crippen LogP contribution in [-0.4, -0.2) is 48.2 Å². The van der Waals surface area contributed by atoms with Gasteiger partial charge in [-0.25, -0.2) is 9.59 Å². The van der Waals surface area contributed by atoms with Gasteiger partial charge in [0.1, 0.15) is 0 Å². The fourth-order valence-electron chi connectivity index (χ4n) is 1.17. The summed E-state index contributed by atoms with van der Waals surface area (Å²) in [6.07, 6.45) is 0. The number of carbonyl (C=O) groups is 2. The third kappa shape index (κ3) is 4.74. The van der Waals surface area contributed by atoms with Gasteiger partial charge in [0.25, 0.3) is 0 Å². The van der Waals surface area contributed by atoms with E-state index in [0.717, 1.165) is 0 Å². The van der Waals surface area contributed by atoms with Crippen LogP contribution in [0.15, 0.2) is 24.3 Å². The lowest BCUT2D eigenvalue weighted by atomic mass is 10.1. The first-order valence-electron chi connectivity index (χ1n) is 5.13. The van der Waals surface area contributed by atoms with E-state index in [1.54, 1.807) is 38.1 Å². The SMILES string of the molecule is CCOC(=O)c1ccc(C(=O)OCC)cc1.[MgH2]. The second-order valence-electron chi connectivity index (χ2n) is 3.02. The topological polar surface area (TPSA) is 52.6 Å². The summed E-state index contributed by atoms with van der Waals surface area (Å²) < 4.78 is 9.64. The maximum Gasteiger partial charge on any atom is 0.338 e. The van der Waals surface area contributed by atoms with Crippen molar-refractivity contribution >= 4 is 35.0 Å². The highest BCUT2D eigenvalue weighted by atomic mass is 24.3. The van der Waals surface area contributed by atoms with Crippen molar-refractivity contribution in [2.24, 2.45) is 0 Å². The number of esters is 2. The van der Waals surface area contributed by atoms with E-state index in [-0.39, 0.29) is 23.1 Å². The summed E-state index contributed by atoms with van der Waals surface area (Å²) in [6, 6.07) is 6.18. The van der Waals surface area contributed by atoms with Gasteiger partial charge in [0.15, 0.2) is 0 Å². The highest BCUT2D eigenvalue weighted by Gasteiger charge is 2.09. The second-order valence-corrected chi connectivity index (χ2v) is 3.02. The summed E-state index contributed by atoms with van der Waals surface area (Å²) in [6.45, 7) is 4.15. The molecule has 0 saturated carbocycles. The average Bonchev–Trinajstić information content (AvgIpc) is 2.30. The molecule has 4 nitrogen and oxygen atoms in total. The van der Waals surface area contributed by atoms with E-state index in [1.807, 2.05) is 0 Å². The fraction of sp³-hybridized carbons (Fsp3) is 0.333. The van der Waals surface area contributed by atoms with E-state index in [4.69, 9.17) is 9.47 Å². The minimum atomic E-state index is -0.391. The van der Waals surface area contributed by atoms with Crippen LogP contribution in [0.1, 0.15) is 34.6 Å². The molecule has 5 heteroatoms. The van der Waals surface area contributed by atoms with Gasteiger partial charge in [-0.15, -0.1) is 0 Å². The molecule has 0 unspecified atom stereocenters. The number of hydrogen-bond acceptors (Lipinski definition) is 4. The molecule has 0 bridgehead atoms. The summed E-state index contributed by atoms with van der Waals surface area (Å²) in [5.41, 5.74) is 0.852. The number of hydrogen-bond donors (Lipinski definition) is 0. The third-order valence-corrected chi connectivity index (χ3v) is 1.91. The monoisotopic (exact) mass is 248 g/mol. The van der Waals surface area contributed by atoms with Crippen LogP contribution in [0.5, 0.6) is 0 Å². The van der Waals surface area contributed by atoms with E-state index in [2.05, 4.69) is 0 Å². The van der Waals surface area contributed by atoms with Crippen LogP contribution in [0.25, 0.3) is 0 Å². The van der Waals surface area contributed by atoms with Crippen LogP contribution in [-0.2, 0) is 9.47 Å². The maximum absolute atomic E-state index is 11.3. The molecule has 0 heterocycles. The van der Waals surface area contributed by atoms with Crippen LogP contribution in [0, 0.1) is 0 Å². The number of rotatable bonds is 4. The van der Waals surface area contributed by atoms with Crippen molar-refractivity contribution in [1.29, 1.82) is 0 Å². The Morgan fingerprint density at radius 2 is 1.18 bits per heavy atom. The zero-order valence-electron chi connectivity index (χ0n) is 9.36. The van der Waals surface area contributed by atoms with Gasteiger partial charge in [0, 0.05) is 0 Å². The quantitative estimate of drug-likeness (QED) is 0.592. The smallest absolute Gasteiger partial charge is 0.338 e. The minimum Gasteiger partial charge on any atom is -0.462 e. The predicted molar refractivity (Wildman–Crippen MR) is 66.9 cm³/mol. The Kier molecular flexibility index (Phi) is 7.57. The van der Waals surface area contributed by atoms with Crippen LogP contribution in [0.2, 0.25) is 0 Å². The molecule has 0 spiro atoms. The van der Waals surface area contributed by atoms with Gasteiger partial charge in [-0.2, -0.15) is 0 Å². The van der Waals surface area contributed by atoms with Crippen molar-refractivity contribution in [2.75, 3.05) is 13.2 Å². The molecule has 0 amide bonds. The Morgan fingerprint density at radius 1 is 0.882 bits per heavy atom. The highest BCUT2D eigenvalue weighted by Crippen LogP contribution is 2.07. The first kappa shape index (κ1) is 15.9. The molecular formula is C12H16MgO4. The van der Waals surface area contributed by atoms with Crippen LogP contribution in [0.3, 0.4) is 0 Å². The zero-order chi connectivity index (χ0) is 12.0. The summed E-state index contributed by atoms with van der Waals surface area (Å²) in [4.78, 5) is 22.6. The van der Waals surface area contributed by atoms with E-state index < -0.39 is 11.9 Å². The zero-order valence-corrected chi connectivity index (χ0v) is 9.36. The molecule has 0 aliphatic heterocycles. The lowest BCUT2D eigenvalue weighted by Gasteiger charge is -2.03. The molecule has 17 heavy (non-hydrogen) atoms. The highest BCUT2D eigenvalue weighted by molar-refractivity contribution is 5.93. The Hall–Kier alpha value is -1.07. The predicted octanol–water partition coefficient (Wildman–Crippen LogP) is 1.12. The summed E-state index contributed by atoms with van der Waals surface area (Å²) in [5, 5.41) is 0. The van der Waals surface area contributed by atoms with Gasteiger partial charge < -0.3 is 9.47 Å². The maximum atomic E-state index is 11.3. The molecule has 0 aliphatic rings. The summed E-state index contributed by atoms with van der Waals surface area (Å²) in [7, 11) is 0. The second kappa shape index (κ2) is 8.08. The molecule has 1 aromatic rings. The summed E-state index contributed by atoms with van der Waals surface area (Å²) in [5.74, 6) is -0.782. The molecule has 1 aromatic carbocycles. The van der Waals surface area contributed by atoms with Crippen molar-refractivity contribution < 1.29 is 19.1 Å². The average molecular weight is 249 g/mol. The van der Waals surface area contributed by atoms with Gasteiger partial charge in [-0.1, -0.05) is 0 Å². The van der Waals surface area contributed by atoms with Gasteiger partial charge in [-0.05, 0) is 38.1 Å². The van der Waals surface area contributed by atoms with Crippen molar-refractivity contribution in [3.63, 3.8) is 0 Å². The largest absolute Gasteiger partial charge is 0.462 e. The van der Waals surface area contributed by atoms with Crippen LogP contribution >= 0.6 is 0 Å². The number of ether oxygens (including phenoxy) is 2. The normalized spacial score (nSPS) is 9.06. The molecular weight excluding hydrogens is 232 g/mol. The molecule has 0 atom stereocenters. The van der Waals surface area contributed by atoms with Crippen molar-refractivity contribution in [1.82, 2.24) is 0 Å². The number of benzene rings is 1. The minimum absolute atomic E-state index is 0. The molecule has 0 aliphatic carbocycles. The Bertz CT molecular complexity index is 336. The first-order valence-corrected chi connectivity index (χ1v) is 5.13. The van der Waals surface area contributed by atoms with Crippen molar-refractivity contribution in [2.45, 2.75) is 13.8 Å². The Labute approximate surface area is 116 Å². The lowest BCUT2D eigenvalue weighted by molar-refractivity contribution is 0.0511. The van der Waals surface area contributed by atoms with Gasteiger partial charge >= 0.3 is 35.0 Å². The first-order chi connectivity index (χ1) is 7.69. The molecule has 1 rings (SSSR count). The third-order valence-electron chi connectivity index (χ3n) is 1.91. The Balaban J connectivity index is 0.00000256. The van der Waals surface area contributed by atoms with Crippen molar-refractivity contribution in [3.8, 4) is 0 Å². The Morgan fingerprint density at radius 3 is 1.41 bits per heavy atom. The molecule has 0 N–H and O–H groups in total. The fourth-order valence-corrected chi connectivity index (χ4v) is 1.17. The van der Waals surface area contributed by atoms with Crippen LogP contribution in [0.4, 0.5) is 0 Å². The van der Waals surface area contributed by atoms with Gasteiger partial charge in [-0.3, -0.25) is 0 Å². The summed E-state index contributed by atoms with van der Waals surface area (Å²) >= 11 is 0. The van der Waals surface area contributed by atoms with Crippen LogP contribution < -0.4 is 0 Å². The van der Waals surface area contributed by atoms with Gasteiger partial charge in [0.2, 0.25) is 0 Å². The number of carbonyl (C=O) groups excluding carboxylic acids is 2. The standard InChI is InChI=1S/C12H14O4.Mg.2H/c1-3-15-11(13)9-5-7-10(8-6-9)12(14)16-4-2;;;/h5-8H,3-4H2,1-2H3;;;. The molecule has 0 radical (unpaired) electrons. The molecule has 0 aromatic heterocycles. The molecule has 0 saturated heterocycles. The van der Waals surface area contributed by atoms with Crippen molar-refractivity contribution in [3.05, 3.63) is 35.4 Å². The van der Waals surface area contributed by atoms with E-state index in [1.165, 1.54) is 0 Å². The van der Waals surface area contributed by atoms with E-state index in [9.17, 15) is 9.59 Å². The lowest BCUT2D eigenvalue weighted by Crippen LogP contribution is -2.07. The molecule has 90 valence electrons.